The number of carbonyl (C=O) groups excluding carboxylic acids is 1. The Balaban J connectivity index is 1.64. The lowest BCUT2D eigenvalue weighted by atomic mass is 9.96. The zero-order valence-corrected chi connectivity index (χ0v) is 16.2. The molecule has 0 saturated heterocycles. The number of nitriles is 1. The van der Waals surface area contributed by atoms with Crippen LogP contribution in [-0.2, 0) is 24.2 Å². The summed E-state index contributed by atoms with van der Waals surface area (Å²) in [5.41, 5.74) is 0.428. The van der Waals surface area contributed by atoms with Gasteiger partial charge in [-0.1, -0.05) is 0 Å². The third kappa shape index (κ3) is 3.11. The summed E-state index contributed by atoms with van der Waals surface area (Å²) in [5, 5.41) is 13.1. The molecule has 0 aromatic carbocycles. The molecule has 9 heteroatoms. The van der Waals surface area contributed by atoms with Gasteiger partial charge in [-0.3, -0.25) is 19.1 Å². The number of amides is 1. The van der Waals surface area contributed by atoms with Crippen molar-refractivity contribution >= 4 is 43.8 Å². The smallest absolute Gasteiger partial charge is 0.315 e. The predicted octanol–water partition coefficient (Wildman–Crippen LogP) is 2.51. The molecular formula is C18H16N4O3S2. The molecule has 7 nitrogen and oxygen atoms in total. The lowest BCUT2D eigenvalue weighted by Gasteiger charge is -2.09. The molecule has 3 aromatic heterocycles. The Morgan fingerprint density at radius 2 is 2.11 bits per heavy atom. The van der Waals surface area contributed by atoms with Gasteiger partial charge < -0.3 is 5.32 Å². The second kappa shape index (κ2) is 6.79. The van der Waals surface area contributed by atoms with E-state index in [1.54, 1.807) is 6.07 Å². The van der Waals surface area contributed by atoms with Crippen LogP contribution in [0.4, 0.5) is 5.00 Å². The highest BCUT2D eigenvalue weighted by atomic mass is 32.1. The molecule has 1 aliphatic rings. The molecule has 1 aliphatic carbocycles. The van der Waals surface area contributed by atoms with Gasteiger partial charge in [0.2, 0.25) is 5.91 Å². The van der Waals surface area contributed by atoms with E-state index in [1.807, 2.05) is 6.92 Å². The molecule has 1 amide bonds. The third-order valence-corrected chi connectivity index (χ3v) is 6.81. The van der Waals surface area contributed by atoms with E-state index in [2.05, 4.69) is 16.4 Å². The van der Waals surface area contributed by atoms with Crippen molar-refractivity contribution in [3.63, 3.8) is 0 Å². The van der Waals surface area contributed by atoms with Crippen LogP contribution in [0.25, 0.3) is 10.2 Å². The molecule has 4 rings (SSSR count). The molecule has 27 heavy (non-hydrogen) atoms. The summed E-state index contributed by atoms with van der Waals surface area (Å²) < 4.78 is 0.892. The van der Waals surface area contributed by atoms with Crippen LogP contribution in [0.15, 0.2) is 15.7 Å². The maximum atomic E-state index is 12.6. The number of rotatable bonds is 3. The standard InChI is InChI=1S/C18H16N4O3S2/c1-9-6-11-15(26-9)21-18(25)22(17(11)24)8-14(23)20-16-12(7-19)10-4-2-3-5-13(10)27-16/h6H,2-5,8H2,1H3,(H,20,23)(H,21,25). The van der Waals surface area contributed by atoms with E-state index in [0.717, 1.165) is 45.6 Å². The number of hydrogen-bond donors (Lipinski definition) is 2. The highest BCUT2D eigenvalue weighted by Crippen LogP contribution is 2.37. The average Bonchev–Trinajstić information content (AvgIpc) is 3.17. The first kappa shape index (κ1) is 17.7. The lowest BCUT2D eigenvalue weighted by Crippen LogP contribution is -2.38. The topological polar surface area (TPSA) is 108 Å². The number of hydrogen-bond acceptors (Lipinski definition) is 6. The van der Waals surface area contributed by atoms with Gasteiger partial charge in [-0.2, -0.15) is 5.26 Å². The maximum absolute atomic E-state index is 12.6. The summed E-state index contributed by atoms with van der Waals surface area (Å²) in [7, 11) is 0. The summed E-state index contributed by atoms with van der Waals surface area (Å²) >= 11 is 2.74. The summed E-state index contributed by atoms with van der Waals surface area (Å²) in [4.78, 5) is 42.5. The maximum Gasteiger partial charge on any atom is 0.329 e. The van der Waals surface area contributed by atoms with Gasteiger partial charge in [-0.05, 0) is 44.2 Å². The molecule has 0 atom stereocenters. The number of thiophene rings is 2. The van der Waals surface area contributed by atoms with Gasteiger partial charge in [0.05, 0.1) is 10.9 Å². The first-order valence-corrected chi connectivity index (χ1v) is 10.2. The number of aromatic amines is 1. The number of anilines is 1. The van der Waals surface area contributed by atoms with Gasteiger partial charge in [0, 0.05) is 9.75 Å². The SMILES string of the molecule is Cc1cc2c(=O)n(CC(=O)Nc3sc4c(c3C#N)CCCC4)c(=O)[nH]c2s1. The highest BCUT2D eigenvalue weighted by molar-refractivity contribution is 7.18. The number of carbonyl (C=O) groups is 1. The van der Waals surface area contributed by atoms with Gasteiger partial charge in [0.1, 0.15) is 22.4 Å². The first-order valence-electron chi connectivity index (χ1n) is 8.55. The number of nitrogens with one attached hydrogen (secondary N) is 2. The Labute approximate surface area is 161 Å². The van der Waals surface area contributed by atoms with Crippen molar-refractivity contribution in [3.8, 4) is 6.07 Å². The van der Waals surface area contributed by atoms with Crippen LogP contribution in [0.1, 0.15) is 33.7 Å². The Kier molecular flexibility index (Phi) is 4.45. The van der Waals surface area contributed by atoms with Gasteiger partial charge in [-0.25, -0.2) is 4.79 Å². The summed E-state index contributed by atoms with van der Waals surface area (Å²) in [6.07, 6.45) is 3.88. The molecule has 0 bridgehead atoms. The average molecular weight is 400 g/mol. The van der Waals surface area contributed by atoms with E-state index in [0.29, 0.717) is 20.8 Å². The Morgan fingerprint density at radius 1 is 1.33 bits per heavy atom. The number of aryl methyl sites for hydroxylation is 2. The molecule has 0 saturated carbocycles. The second-order valence-corrected chi connectivity index (χ2v) is 8.86. The molecule has 2 N–H and O–H groups in total. The van der Waals surface area contributed by atoms with Crippen molar-refractivity contribution in [2.75, 3.05) is 5.32 Å². The predicted molar refractivity (Wildman–Crippen MR) is 106 cm³/mol. The minimum atomic E-state index is -0.615. The molecule has 0 fully saturated rings. The van der Waals surface area contributed by atoms with Crippen molar-refractivity contribution in [1.82, 2.24) is 9.55 Å². The Bertz CT molecular complexity index is 1220. The van der Waals surface area contributed by atoms with Gasteiger partial charge in [-0.15, -0.1) is 22.7 Å². The van der Waals surface area contributed by atoms with Crippen LogP contribution < -0.4 is 16.6 Å². The molecule has 0 spiro atoms. The van der Waals surface area contributed by atoms with Gasteiger partial charge in [0.15, 0.2) is 0 Å². The van der Waals surface area contributed by atoms with Crippen molar-refractivity contribution in [1.29, 1.82) is 5.26 Å². The van der Waals surface area contributed by atoms with Crippen LogP contribution in [-0.4, -0.2) is 15.5 Å². The van der Waals surface area contributed by atoms with Gasteiger partial charge >= 0.3 is 5.69 Å². The first-order chi connectivity index (χ1) is 13.0. The van der Waals surface area contributed by atoms with E-state index < -0.39 is 23.7 Å². The monoisotopic (exact) mass is 400 g/mol. The minimum absolute atomic E-state index is 0.396. The van der Waals surface area contributed by atoms with E-state index in [9.17, 15) is 19.6 Å². The fourth-order valence-electron chi connectivity index (χ4n) is 3.39. The third-order valence-electron chi connectivity index (χ3n) is 4.63. The minimum Gasteiger partial charge on any atom is -0.315 e. The van der Waals surface area contributed by atoms with Crippen LogP contribution in [0.5, 0.6) is 0 Å². The summed E-state index contributed by atoms with van der Waals surface area (Å²) in [5.74, 6) is -0.496. The summed E-state index contributed by atoms with van der Waals surface area (Å²) in [6.45, 7) is 1.45. The van der Waals surface area contributed by atoms with Crippen LogP contribution in [0.2, 0.25) is 0 Å². The summed E-state index contributed by atoms with van der Waals surface area (Å²) in [6, 6.07) is 3.89. The van der Waals surface area contributed by atoms with Crippen LogP contribution in [0.3, 0.4) is 0 Å². The molecule has 138 valence electrons. The molecular weight excluding hydrogens is 384 g/mol. The Morgan fingerprint density at radius 3 is 2.89 bits per heavy atom. The van der Waals surface area contributed by atoms with Crippen LogP contribution >= 0.6 is 22.7 Å². The van der Waals surface area contributed by atoms with E-state index in [4.69, 9.17) is 0 Å². The zero-order chi connectivity index (χ0) is 19.1. The lowest BCUT2D eigenvalue weighted by molar-refractivity contribution is -0.116. The van der Waals surface area contributed by atoms with E-state index in [-0.39, 0.29) is 0 Å². The zero-order valence-electron chi connectivity index (χ0n) is 14.5. The van der Waals surface area contributed by atoms with Crippen molar-refractivity contribution in [3.05, 3.63) is 47.8 Å². The quantitative estimate of drug-likeness (QED) is 0.704. The highest BCUT2D eigenvalue weighted by Gasteiger charge is 2.22. The molecule has 0 radical (unpaired) electrons. The van der Waals surface area contributed by atoms with Crippen molar-refractivity contribution < 1.29 is 4.79 Å². The normalized spacial score (nSPS) is 13.3. The molecule has 3 heterocycles. The number of H-pyrrole nitrogens is 1. The molecule has 0 unspecified atom stereocenters. The van der Waals surface area contributed by atoms with Crippen molar-refractivity contribution in [2.45, 2.75) is 39.2 Å². The number of nitrogens with zero attached hydrogens (tertiary/aromatic N) is 2. The van der Waals surface area contributed by atoms with E-state index in [1.165, 1.54) is 22.7 Å². The van der Waals surface area contributed by atoms with E-state index >= 15 is 0 Å². The Hall–Kier alpha value is -2.70. The number of fused-ring (bicyclic) bond motifs is 2. The second-order valence-electron chi connectivity index (χ2n) is 6.50. The fourth-order valence-corrected chi connectivity index (χ4v) is 5.54. The van der Waals surface area contributed by atoms with Crippen molar-refractivity contribution in [2.24, 2.45) is 0 Å². The van der Waals surface area contributed by atoms with Crippen LogP contribution in [0, 0.1) is 18.3 Å². The van der Waals surface area contributed by atoms with Gasteiger partial charge in [0.25, 0.3) is 5.56 Å². The molecule has 3 aromatic rings. The molecule has 0 aliphatic heterocycles. The largest absolute Gasteiger partial charge is 0.329 e. The fraction of sp³-hybridized carbons (Fsp3) is 0.333. The number of aromatic nitrogens is 2.